The number of carbonyl (C=O) groups excluding carboxylic acids is 1. The van der Waals surface area contributed by atoms with Crippen molar-refractivity contribution in [1.29, 1.82) is 0 Å². The minimum atomic E-state index is -0.231. The Morgan fingerprint density at radius 2 is 1.68 bits per heavy atom. The van der Waals surface area contributed by atoms with Gasteiger partial charge in [0.15, 0.2) is 0 Å². The number of anilines is 1. The van der Waals surface area contributed by atoms with E-state index in [0.717, 1.165) is 16.7 Å². The third-order valence-corrected chi connectivity index (χ3v) is 4.34. The number of pyridine rings is 1. The van der Waals surface area contributed by atoms with Crippen LogP contribution in [0.4, 0.5) is 5.88 Å². The molecule has 0 aliphatic rings. The molecule has 0 spiro atoms. The maximum atomic E-state index is 11.6. The van der Waals surface area contributed by atoms with Crippen molar-refractivity contribution in [3.63, 3.8) is 0 Å². The highest BCUT2D eigenvalue weighted by Gasteiger charge is 2.18. The van der Waals surface area contributed by atoms with Gasteiger partial charge in [0.25, 0.3) is 0 Å². The van der Waals surface area contributed by atoms with E-state index in [1.165, 1.54) is 6.92 Å². The van der Waals surface area contributed by atoms with Crippen LogP contribution < -0.4 is 5.32 Å². The number of benzene rings is 2. The van der Waals surface area contributed by atoms with Gasteiger partial charge in [0.1, 0.15) is 5.69 Å². The third kappa shape index (κ3) is 3.80. The summed E-state index contributed by atoms with van der Waals surface area (Å²) in [5.41, 5.74) is 3.95. The number of hydrogen-bond acceptors (Lipinski definition) is 4. The first-order valence-electron chi connectivity index (χ1n) is 8.65. The maximum absolute atomic E-state index is 11.6. The van der Waals surface area contributed by atoms with Crippen LogP contribution >= 0.6 is 11.6 Å². The lowest BCUT2D eigenvalue weighted by molar-refractivity contribution is -0.114. The maximum Gasteiger partial charge on any atom is 0.230 e. The topological polar surface area (TPSA) is 68.0 Å². The van der Waals surface area contributed by atoms with Crippen LogP contribution in [0.2, 0.25) is 5.02 Å². The molecule has 4 aromatic rings. The van der Waals surface area contributed by atoms with Crippen LogP contribution in [0.5, 0.6) is 0 Å². The number of rotatable bonds is 4. The summed E-state index contributed by atoms with van der Waals surface area (Å²) in [7, 11) is 0. The van der Waals surface area contributed by atoms with E-state index in [0.29, 0.717) is 28.1 Å². The van der Waals surface area contributed by atoms with Crippen molar-refractivity contribution in [3.05, 3.63) is 78.1 Å². The molecule has 0 atom stereocenters. The van der Waals surface area contributed by atoms with Gasteiger partial charge in [-0.15, -0.1) is 0 Å². The number of oxazole rings is 1. The van der Waals surface area contributed by atoms with Crippen molar-refractivity contribution < 1.29 is 9.21 Å². The zero-order valence-corrected chi connectivity index (χ0v) is 15.8. The number of hydrogen-bond donors (Lipinski definition) is 1. The predicted molar refractivity (Wildman–Crippen MR) is 110 cm³/mol. The summed E-state index contributed by atoms with van der Waals surface area (Å²) in [4.78, 5) is 20.5. The van der Waals surface area contributed by atoms with Crippen LogP contribution in [-0.2, 0) is 4.79 Å². The van der Waals surface area contributed by atoms with Gasteiger partial charge in [0, 0.05) is 35.5 Å². The number of nitrogens with one attached hydrogen (secondary N) is 1. The number of amides is 1. The Balaban J connectivity index is 1.78. The Bertz CT molecular complexity index is 1140. The summed E-state index contributed by atoms with van der Waals surface area (Å²) in [6, 6.07) is 19.0. The Labute approximate surface area is 167 Å². The molecular weight excluding hydrogens is 374 g/mol. The van der Waals surface area contributed by atoms with Gasteiger partial charge in [-0.2, -0.15) is 0 Å². The Hall–Kier alpha value is -3.44. The molecule has 4 rings (SSSR count). The van der Waals surface area contributed by atoms with Crippen molar-refractivity contribution in [2.45, 2.75) is 6.92 Å². The summed E-state index contributed by atoms with van der Waals surface area (Å²) in [5.74, 6) is 0.450. The number of aromatic nitrogens is 2. The van der Waals surface area contributed by atoms with Gasteiger partial charge >= 0.3 is 0 Å². The molecule has 2 heterocycles. The molecule has 2 aromatic carbocycles. The van der Waals surface area contributed by atoms with Crippen LogP contribution in [0.25, 0.3) is 33.8 Å². The number of halogens is 1. The summed E-state index contributed by atoms with van der Waals surface area (Å²) < 4.78 is 5.87. The summed E-state index contributed by atoms with van der Waals surface area (Å²) in [5, 5.41) is 3.36. The zero-order chi connectivity index (χ0) is 19.5. The van der Waals surface area contributed by atoms with Gasteiger partial charge in [-0.25, -0.2) is 4.98 Å². The lowest BCUT2D eigenvalue weighted by Gasteiger charge is -2.03. The first kappa shape index (κ1) is 17.9. The van der Waals surface area contributed by atoms with Gasteiger partial charge in [0.2, 0.25) is 17.7 Å². The predicted octanol–water partition coefficient (Wildman–Crippen LogP) is 5.68. The van der Waals surface area contributed by atoms with Gasteiger partial charge in [0.05, 0.1) is 5.56 Å². The van der Waals surface area contributed by atoms with E-state index in [9.17, 15) is 4.79 Å². The normalized spacial score (nSPS) is 10.6. The first-order valence-corrected chi connectivity index (χ1v) is 9.03. The molecule has 6 heteroatoms. The van der Waals surface area contributed by atoms with E-state index < -0.39 is 0 Å². The van der Waals surface area contributed by atoms with E-state index in [2.05, 4.69) is 15.3 Å². The summed E-state index contributed by atoms with van der Waals surface area (Å²) in [6.07, 6.45) is 3.43. The second-order valence-electron chi connectivity index (χ2n) is 6.22. The highest BCUT2D eigenvalue weighted by Crippen LogP contribution is 2.34. The highest BCUT2D eigenvalue weighted by atomic mass is 35.5. The van der Waals surface area contributed by atoms with Crippen LogP contribution in [0, 0.1) is 0 Å². The molecule has 5 nitrogen and oxygen atoms in total. The molecule has 1 amide bonds. The van der Waals surface area contributed by atoms with Crippen LogP contribution in [-0.4, -0.2) is 15.9 Å². The van der Waals surface area contributed by atoms with Gasteiger partial charge in [-0.1, -0.05) is 54.1 Å². The second-order valence-corrected chi connectivity index (χ2v) is 6.65. The third-order valence-electron chi connectivity index (χ3n) is 4.11. The van der Waals surface area contributed by atoms with Crippen molar-refractivity contribution in [2.75, 3.05) is 5.32 Å². The average molecular weight is 390 g/mol. The standard InChI is InChI=1S/C22H16ClN3O2/c1-14(27)25-22-20(15-6-3-2-4-7-15)26-21(28-22)18-10-17(12-24-13-18)16-8-5-9-19(23)11-16/h2-13H,1H3,(H,25,27). The fraction of sp³-hybridized carbons (Fsp3) is 0.0455. The van der Waals surface area contributed by atoms with E-state index >= 15 is 0 Å². The molecule has 0 bridgehead atoms. The molecule has 1 N–H and O–H groups in total. The van der Waals surface area contributed by atoms with E-state index in [4.69, 9.17) is 16.0 Å². The largest absolute Gasteiger partial charge is 0.420 e. The summed E-state index contributed by atoms with van der Waals surface area (Å²) in [6.45, 7) is 1.43. The molecule has 0 aliphatic carbocycles. The Morgan fingerprint density at radius 3 is 2.43 bits per heavy atom. The number of carbonyl (C=O) groups is 1. The van der Waals surface area contributed by atoms with Crippen molar-refractivity contribution >= 4 is 23.4 Å². The summed E-state index contributed by atoms with van der Waals surface area (Å²) >= 11 is 6.10. The van der Waals surface area contributed by atoms with Crippen LogP contribution in [0.1, 0.15) is 6.92 Å². The van der Waals surface area contributed by atoms with E-state index in [1.807, 2.05) is 60.7 Å². The van der Waals surface area contributed by atoms with Crippen molar-refractivity contribution in [2.24, 2.45) is 0 Å². The smallest absolute Gasteiger partial charge is 0.230 e. The molecule has 28 heavy (non-hydrogen) atoms. The van der Waals surface area contributed by atoms with Gasteiger partial charge in [-0.3, -0.25) is 15.1 Å². The molecule has 0 saturated carbocycles. The number of nitrogens with zero attached hydrogens (tertiary/aromatic N) is 2. The molecule has 138 valence electrons. The molecule has 2 aromatic heterocycles. The van der Waals surface area contributed by atoms with Crippen molar-refractivity contribution in [1.82, 2.24) is 9.97 Å². The highest BCUT2D eigenvalue weighted by molar-refractivity contribution is 6.30. The minimum absolute atomic E-state index is 0.231. The van der Waals surface area contributed by atoms with Gasteiger partial charge in [-0.05, 0) is 23.8 Å². The van der Waals surface area contributed by atoms with Crippen molar-refractivity contribution in [3.8, 4) is 33.8 Å². The fourth-order valence-corrected chi connectivity index (χ4v) is 3.05. The minimum Gasteiger partial charge on any atom is -0.420 e. The zero-order valence-electron chi connectivity index (χ0n) is 15.0. The average Bonchev–Trinajstić information content (AvgIpc) is 3.12. The molecule has 0 aliphatic heterocycles. The van der Waals surface area contributed by atoms with E-state index in [1.54, 1.807) is 12.4 Å². The lowest BCUT2D eigenvalue weighted by atomic mass is 10.1. The van der Waals surface area contributed by atoms with Crippen LogP contribution in [0.15, 0.2) is 77.5 Å². The first-order chi connectivity index (χ1) is 13.6. The lowest BCUT2D eigenvalue weighted by Crippen LogP contribution is -2.05. The molecular formula is C22H16ClN3O2. The molecule has 0 unspecified atom stereocenters. The van der Waals surface area contributed by atoms with Crippen LogP contribution in [0.3, 0.4) is 0 Å². The Kier molecular flexibility index (Phi) is 4.91. The molecule has 0 fully saturated rings. The SMILES string of the molecule is CC(=O)Nc1oc(-c2cncc(-c3cccc(Cl)c3)c2)nc1-c1ccccc1. The second kappa shape index (κ2) is 7.66. The van der Waals surface area contributed by atoms with Gasteiger partial charge < -0.3 is 4.42 Å². The molecule has 0 saturated heterocycles. The quantitative estimate of drug-likeness (QED) is 0.487. The Morgan fingerprint density at radius 1 is 0.929 bits per heavy atom. The fourth-order valence-electron chi connectivity index (χ4n) is 2.86. The molecule has 0 radical (unpaired) electrons. The monoisotopic (exact) mass is 389 g/mol. The van der Waals surface area contributed by atoms with E-state index in [-0.39, 0.29) is 5.91 Å².